The van der Waals surface area contributed by atoms with Gasteiger partial charge in [0.2, 0.25) is 0 Å². The molecule has 1 saturated heterocycles. The number of alkyl carbamates (subject to hydrolysis) is 1. The van der Waals surface area contributed by atoms with Crippen LogP contribution >= 0.6 is 0 Å². The van der Waals surface area contributed by atoms with Crippen LogP contribution in [0.5, 0.6) is 0 Å². The van der Waals surface area contributed by atoms with Gasteiger partial charge in [0, 0.05) is 26.2 Å². The van der Waals surface area contributed by atoms with Gasteiger partial charge in [0.1, 0.15) is 0 Å². The molecule has 0 atom stereocenters. The summed E-state index contributed by atoms with van der Waals surface area (Å²) in [5.41, 5.74) is 3.45. The lowest BCUT2D eigenvalue weighted by Crippen LogP contribution is -2.51. The number of aliphatic hydroxyl groups is 1. The number of piperidine rings is 1. The number of carbonyl (C=O) groups is 1. The van der Waals surface area contributed by atoms with E-state index in [2.05, 4.69) is 40.6 Å². The summed E-state index contributed by atoms with van der Waals surface area (Å²) in [4.78, 5) is 13.8. The molecule has 1 aromatic rings. The number of benzene rings is 1. The second-order valence-electron chi connectivity index (χ2n) is 6.98. The summed E-state index contributed by atoms with van der Waals surface area (Å²) in [6.45, 7) is 5.10. The summed E-state index contributed by atoms with van der Waals surface area (Å²) in [6, 6.07) is 8.63. The average molecular weight is 344 g/mol. The summed E-state index contributed by atoms with van der Waals surface area (Å²) >= 11 is 0. The Labute approximate surface area is 149 Å². The fourth-order valence-corrected chi connectivity index (χ4v) is 3.66. The van der Waals surface area contributed by atoms with E-state index in [-0.39, 0.29) is 6.54 Å². The minimum Gasteiger partial charge on any atom is -0.450 e. The summed E-state index contributed by atoms with van der Waals surface area (Å²) in [5, 5.41) is 13.3. The molecule has 1 aromatic carbocycles. The van der Waals surface area contributed by atoms with Crippen molar-refractivity contribution in [1.82, 2.24) is 10.2 Å². The van der Waals surface area contributed by atoms with Crippen molar-refractivity contribution in [2.24, 2.45) is 0 Å². The zero-order chi connectivity index (χ0) is 17.7. The minimum atomic E-state index is -0.817. The van der Waals surface area contributed by atoms with Gasteiger partial charge >= 0.3 is 6.09 Å². The first-order chi connectivity index (χ1) is 12.1. The first kappa shape index (κ1) is 18.0. The molecule has 0 radical (unpaired) electrons. The maximum absolute atomic E-state index is 11.4. The van der Waals surface area contributed by atoms with E-state index >= 15 is 0 Å². The first-order valence-electron chi connectivity index (χ1n) is 9.22. The highest BCUT2D eigenvalue weighted by molar-refractivity contribution is 5.73. The Morgan fingerprint density at radius 3 is 2.84 bits per heavy atom. The number of fused-ring (bicyclic) bond motifs is 1. The van der Waals surface area contributed by atoms with Crippen molar-refractivity contribution in [1.29, 1.82) is 0 Å². The molecule has 25 heavy (non-hydrogen) atoms. The zero-order valence-corrected chi connectivity index (χ0v) is 15.0. The number of nitrogens with one attached hydrogen (secondary N) is 1. The number of ether oxygens (including phenoxy) is 1. The smallest absolute Gasteiger partial charge is 0.407 e. The minimum absolute atomic E-state index is 0.262. The predicted molar refractivity (Wildman–Crippen MR) is 98.4 cm³/mol. The van der Waals surface area contributed by atoms with Gasteiger partial charge in [-0.2, -0.15) is 0 Å². The molecule has 5 heteroatoms. The molecule has 1 heterocycles. The Morgan fingerprint density at radius 1 is 1.32 bits per heavy atom. The summed E-state index contributed by atoms with van der Waals surface area (Å²) in [7, 11) is 0. The van der Waals surface area contributed by atoms with E-state index in [0.29, 0.717) is 19.4 Å². The van der Waals surface area contributed by atoms with Crippen molar-refractivity contribution in [3.8, 4) is 0 Å². The van der Waals surface area contributed by atoms with Gasteiger partial charge < -0.3 is 20.1 Å². The van der Waals surface area contributed by atoms with E-state index in [1.54, 1.807) is 6.92 Å². The second kappa shape index (κ2) is 8.02. The molecule has 1 aliphatic heterocycles. The van der Waals surface area contributed by atoms with E-state index < -0.39 is 11.7 Å². The van der Waals surface area contributed by atoms with E-state index in [4.69, 9.17) is 4.74 Å². The van der Waals surface area contributed by atoms with E-state index in [1.165, 1.54) is 16.7 Å². The number of allylic oxidation sites excluding steroid dienone is 1. The molecule has 0 spiro atoms. The molecule has 1 aliphatic carbocycles. The SMILES string of the molecule is CCOC(=O)NCC1(O)CCN(CCC2=CCc3ccccc32)CC1. The Morgan fingerprint density at radius 2 is 2.08 bits per heavy atom. The average Bonchev–Trinajstić information content (AvgIpc) is 3.03. The van der Waals surface area contributed by atoms with Crippen LogP contribution in [0.15, 0.2) is 30.3 Å². The van der Waals surface area contributed by atoms with E-state index in [1.807, 2.05) is 0 Å². The van der Waals surface area contributed by atoms with Crippen molar-refractivity contribution < 1.29 is 14.6 Å². The number of rotatable bonds is 6. The van der Waals surface area contributed by atoms with Gasteiger partial charge in [-0.05, 0) is 49.3 Å². The molecule has 0 bridgehead atoms. The highest BCUT2D eigenvalue weighted by atomic mass is 16.5. The number of hydrogen-bond acceptors (Lipinski definition) is 4. The molecule has 0 saturated carbocycles. The summed E-state index contributed by atoms with van der Waals surface area (Å²) < 4.78 is 4.85. The van der Waals surface area contributed by atoms with Crippen LogP contribution in [0.1, 0.15) is 37.3 Å². The molecule has 1 fully saturated rings. The summed E-state index contributed by atoms with van der Waals surface area (Å²) in [6.07, 6.45) is 5.34. The Hall–Kier alpha value is -1.85. The fourth-order valence-electron chi connectivity index (χ4n) is 3.66. The van der Waals surface area contributed by atoms with E-state index in [0.717, 1.165) is 32.5 Å². The van der Waals surface area contributed by atoms with Crippen molar-refractivity contribution in [2.45, 2.75) is 38.2 Å². The monoisotopic (exact) mass is 344 g/mol. The van der Waals surface area contributed by atoms with E-state index in [9.17, 15) is 9.90 Å². The lowest BCUT2D eigenvalue weighted by Gasteiger charge is -2.38. The Kier molecular flexibility index (Phi) is 5.76. The highest BCUT2D eigenvalue weighted by Crippen LogP contribution is 2.30. The molecule has 2 N–H and O–H groups in total. The number of hydrogen-bond donors (Lipinski definition) is 2. The lowest BCUT2D eigenvalue weighted by molar-refractivity contribution is -0.0191. The van der Waals surface area contributed by atoms with Crippen LogP contribution in [0, 0.1) is 0 Å². The Bertz CT molecular complexity index is 634. The van der Waals surface area contributed by atoms with Gasteiger partial charge in [0.15, 0.2) is 0 Å². The van der Waals surface area contributed by atoms with Crippen LogP contribution in [0.4, 0.5) is 4.79 Å². The van der Waals surface area contributed by atoms with Crippen LogP contribution < -0.4 is 5.32 Å². The van der Waals surface area contributed by atoms with Crippen molar-refractivity contribution >= 4 is 11.7 Å². The van der Waals surface area contributed by atoms with Gasteiger partial charge in [-0.15, -0.1) is 0 Å². The standard InChI is InChI=1S/C20H28N2O3/c1-2-25-19(23)21-15-20(24)10-13-22(14-11-20)12-9-17-8-7-16-5-3-4-6-18(16)17/h3-6,8,24H,2,7,9-15H2,1H3,(H,21,23). The highest BCUT2D eigenvalue weighted by Gasteiger charge is 2.32. The third kappa shape index (κ3) is 4.61. The maximum Gasteiger partial charge on any atom is 0.407 e. The first-order valence-corrected chi connectivity index (χ1v) is 9.22. The topological polar surface area (TPSA) is 61.8 Å². The predicted octanol–water partition coefficient (Wildman–Crippen LogP) is 2.59. The maximum atomic E-state index is 11.4. The molecule has 136 valence electrons. The van der Waals surface area contributed by atoms with Gasteiger partial charge in [-0.1, -0.05) is 30.3 Å². The van der Waals surface area contributed by atoms with Crippen LogP contribution in [0.3, 0.4) is 0 Å². The van der Waals surface area contributed by atoms with Crippen LogP contribution in [-0.2, 0) is 11.2 Å². The van der Waals surface area contributed by atoms with Crippen LogP contribution in [0.2, 0.25) is 0 Å². The number of likely N-dealkylation sites (tertiary alicyclic amines) is 1. The number of nitrogens with zero attached hydrogens (tertiary/aromatic N) is 1. The lowest BCUT2D eigenvalue weighted by atomic mass is 9.91. The van der Waals surface area contributed by atoms with Crippen LogP contribution in [0.25, 0.3) is 5.57 Å². The molecule has 1 amide bonds. The fraction of sp³-hybridized carbons (Fsp3) is 0.550. The molecular formula is C20H28N2O3. The van der Waals surface area contributed by atoms with Crippen molar-refractivity contribution in [2.75, 3.05) is 32.8 Å². The van der Waals surface area contributed by atoms with Crippen molar-refractivity contribution in [3.63, 3.8) is 0 Å². The molecule has 2 aliphatic rings. The Balaban J connectivity index is 1.42. The van der Waals surface area contributed by atoms with Crippen LogP contribution in [-0.4, -0.2) is 54.5 Å². The third-order valence-corrected chi connectivity index (χ3v) is 5.25. The van der Waals surface area contributed by atoms with Gasteiger partial charge in [0.05, 0.1) is 12.2 Å². The number of carbonyl (C=O) groups excluding carboxylic acids is 1. The largest absolute Gasteiger partial charge is 0.450 e. The normalized spacial score (nSPS) is 19.2. The zero-order valence-electron chi connectivity index (χ0n) is 15.0. The summed E-state index contributed by atoms with van der Waals surface area (Å²) in [5.74, 6) is 0. The van der Waals surface area contributed by atoms with Gasteiger partial charge in [-0.25, -0.2) is 4.79 Å². The number of amides is 1. The quantitative estimate of drug-likeness (QED) is 0.833. The van der Waals surface area contributed by atoms with Gasteiger partial charge in [0.25, 0.3) is 0 Å². The van der Waals surface area contributed by atoms with Crippen molar-refractivity contribution in [3.05, 3.63) is 41.5 Å². The molecule has 5 nitrogen and oxygen atoms in total. The molecule has 3 rings (SSSR count). The molecule has 0 aromatic heterocycles. The molecular weight excluding hydrogens is 316 g/mol. The molecule has 0 unspecified atom stereocenters. The second-order valence-corrected chi connectivity index (χ2v) is 6.98. The van der Waals surface area contributed by atoms with Gasteiger partial charge in [-0.3, -0.25) is 0 Å². The third-order valence-electron chi connectivity index (χ3n) is 5.25.